The van der Waals surface area contributed by atoms with Crippen molar-refractivity contribution in [2.24, 2.45) is 0 Å². The van der Waals surface area contributed by atoms with E-state index in [2.05, 4.69) is 61.4 Å². The van der Waals surface area contributed by atoms with Crippen molar-refractivity contribution in [3.05, 3.63) is 52.5 Å². The highest BCUT2D eigenvalue weighted by atomic mass is 32.1. The highest BCUT2D eigenvalue weighted by molar-refractivity contribution is 7.11. The fraction of sp³-hybridized carbons (Fsp3) is 0.400. The summed E-state index contributed by atoms with van der Waals surface area (Å²) in [6, 6.07) is 14.6. The molecule has 7 heteroatoms. The zero-order chi connectivity index (χ0) is 18.6. The predicted octanol–water partition coefficient (Wildman–Crippen LogP) is 3.58. The van der Waals surface area contributed by atoms with E-state index in [0.29, 0.717) is 6.04 Å². The Labute approximate surface area is 163 Å². The molecular weight excluding hydrogens is 356 g/mol. The van der Waals surface area contributed by atoms with Gasteiger partial charge in [0.05, 0.1) is 11.7 Å². The first-order valence-corrected chi connectivity index (χ1v) is 10.2. The van der Waals surface area contributed by atoms with Crippen LogP contribution < -0.4 is 4.90 Å². The van der Waals surface area contributed by atoms with E-state index in [1.54, 1.807) is 11.3 Å². The first kappa shape index (κ1) is 18.0. The van der Waals surface area contributed by atoms with Crippen molar-refractivity contribution in [2.45, 2.75) is 26.3 Å². The molecule has 0 amide bonds. The van der Waals surface area contributed by atoms with Gasteiger partial charge in [-0.05, 0) is 32.4 Å². The van der Waals surface area contributed by atoms with Crippen LogP contribution in [-0.4, -0.2) is 51.5 Å². The molecule has 1 unspecified atom stereocenters. The third kappa shape index (κ3) is 4.14. The van der Waals surface area contributed by atoms with Gasteiger partial charge in [0.2, 0.25) is 0 Å². The van der Waals surface area contributed by atoms with Crippen LogP contribution in [0.2, 0.25) is 0 Å². The molecule has 1 aliphatic heterocycles. The summed E-state index contributed by atoms with van der Waals surface area (Å²) in [5.41, 5.74) is 2.01. The maximum Gasteiger partial charge on any atom is 0.151 e. The number of aryl methyl sites for hydroxylation is 1. The Hall–Kier alpha value is -2.38. The first-order valence-electron chi connectivity index (χ1n) is 9.39. The van der Waals surface area contributed by atoms with Gasteiger partial charge in [0.15, 0.2) is 5.82 Å². The van der Waals surface area contributed by atoms with Crippen LogP contribution in [0.5, 0.6) is 0 Å². The molecule has 0 radical (unpaired) electrons. The minimum atomic E-state index is 0.308. The molecule has 140 valence electrons. The number of aromatic nitrogens is 4. The number of hydrogen-bond donors (Lipinski definition) is 0. The Kier molecular flexibility index (Phi) is 5.40. The second-order valence-corrected chi connectivity index (χ2v) is 8.07. The van der Waals surface area contributed by atoms with Gasteiger partial charge in [-0.15, -0.1) is 31.7 Å². The third-order valence-electron chi connectivity index (χ3n) is 5.02. The number of hydrogen-bond acceptors (Lipinski definition) is 7. The van der Waals surface area contributed by atoms with Crippen LogP contribution in [0, 0.1) is 6.92 Å². The molecule has 27 heavy (non-hydrogen) atoms. The zero-order valence-corrected chi connectivity index (χ0v) is 16.6. The van der Waals surface area contributed by atoms with Crippen LogP contribution in [0.4, 0.5) is 5.82 Å². The number of benzene rings is 1. The molecule has 1 saturated heterocycles. The molecular formula is C20H24N6S. The van der Waals surface area contributed by atoms with Gasteiger partial charge in [-0.25, -0.2) is 0 Å². The van der Waals surface area contributed by atoms with Crippen LogP contribution in [0.25, 0.3) is 11.3 Å². The topological polar surface area (TPSA) is 58.0 Å². The average molecular weight is 381 g/mol. The summed E-state index contributed by atoms with van der Waals surface area (Å²) in [4.78, 5) is 4.82. The smallest absolute Gasteiger partial charge is 0.151 e. The molecule has 4 rings (SSSR count). The maximum atomic E-state index is 4.49. The summed E-state index contributed by atoms with van der Waals surface area (Å²) < 4.78 is 0. The second kappa shape index (κ2) is 8.10. The molecule has 0 N–H and O–H groups in total. The Morgan fingerprint density at radius 2 is 1.74 bits per heavy atom. The van der Waals surface area contributed by atoms with Gasteiger partial charge in [-0.2, -0.15) is 0 Å². The lowest BCUT2D eigenvalue weighted by atomic mass is 10.1. The van der Waals surface area contributed by atoms with Gasteiger partial charge in [0, 0.05) is 31.7 Å². The zero-order valence-electron chi connectivity index (χ0n) is 15.7. The summed E-state index contributed by atoms with van der Waals surface area (Å²) in [5, 5.41) is 19.6. The highest BCUT2D eigenvalue weighted by Crippen LogP contribution is 2.25. The van der Waals surface area contributed by atoms with Gasteiger partial charge < -0.3 is 4.90 Å². The number of nitrogens with zero attached hydrogens (tertiary/aromatic N) is 6. The molecule has 3 heterocycles. The Morgan fingerprint density at radius 3 is 2.44 bits per heavy atom. The van der Waals surface area contributed by atoms with Crippen molar-refractivity contribution in [3.8, 4) is 11.3 Å². The molecule has 2 aromatic heterocycles. The van der Waals surface area contributed by atoms with Crippen LogP contribution in [0.15, 0.2) is 42.5 Å². The van der Waals surface area contributed by atoms with Crippen molar-refractivity contribution in [2.75, 3.05) is 31.1 Å². The molecule has 0 aliphatic carbocycles. The SMILES string of the molecule is Cc1nnc(C(C)N2CCCN(c3ccc(-c4ccccc4)nn3)CC2)s1. The third-order valence-corrected chi connectivity index (χ3v) is 6.03. The van der Waals surface area contributed by atoms with E-state index < -0.39 is 0 Å². The molecule has 1 aliphatic rings. The molecule has 1 aromatic carbocycles. The summed E-state index contributed by atoms with van der Waals surface area (Å²) >= 11 is 1.69. The molecule has 6 nitrogen and oxygen atoms in total. The van der Waals surface area contributed by atoms with Gasteiger partial charge >= 0.3 is 0 Å². The van der Waals surface area contributed by atoms with Crippen LogP contribution in [0.3, 0.4) is 0 Å². The van der Waals surface area contributed by atoms with Gasteiger partial charge in [-0.3, -0.25) is 4.90 Å². The summed E-state index contributed by atoms with van der Waals surface area (Å²) in [7, 11) is 0. The van der Waals surface area contributed by atoms with Crippen LogP contribution in [-0.2, 0) is 0 Å². The van der Waals surface area contributed by atoms with Gasteiger partial charge in [0.25, 0.3) is 0 Å². The summed E-state index contributed by atoms with van der Waals surface area (Å²) in [6.07, 6.45) is 1.10. The van der Waals surface area contributed by atoms with Crippen molar-refractivity contribution < 1.29 is 0 Å². The Morgan fingerprint density at radius 1 is 0.889 bits per heavy atom. The lowest BCUT2D eigenvalue weighted by Crippen LogP contribution is -2.32. The first-order chi connectivity index (χ1) is 13.2. The molecule has 1 fully saturated rings. The maximum absolute atomic E-state index is 4.49. The summed E-state index contributed by atoms with van der Waals surface area (Å²) in [6.45, 7) is 8.23. The predicted molar refractivity (Wildman–Crippen MR) is 109 cm³/mol. The van der Waals surface area contributed by atoms with E-state index in [4.69, 9.17) is 0 Å². The van der Waals surface area contributed by atoms with Crippen molar-refractivity contribution in [1.82, 2.24) is 25.3 Å². The van der Waals surface area contributed by atoms with E-state index in [9.17, 15) is 0 Å². The average Bonchev–Trinajstić information content (AvgIpc) is 3.00. The highest BCUT2D eigenvalue weighted by Gasteiger charge is 2.23. The number of rotatable bonds is 4. The van der Waals surface area contributed by atoms with Crippen LogP contribution >= 0.6 is 11.3 Å². The molecule has 3 aromatic rings. The Bertz CT molecular complexity index is 864. The minimum Gasteiger partial charge on any atom is -0.354 e. The standard InChI is InChI=1S/C20H24N6S/c1-15(20-24-21-16(2)27-20)25-11-6-12-26(14-13-25)19-10-9-18(22-23-19)17-7-4-3-5-8-17/h3-5,7-10,15H,6,11-14H2,1-2H3. The van der Waals surface area contributed by atoms with Crippen molar-refractivity contribution in [1.29, 1.82) is 0 Å². The van der Waals surface area contributed by atoms with E-state index >= 15 is 0 Å². The van der Waals surface area contributed by atoms with Crippen molar-refractivity contribution in [3.63, 3.8) is 0 Å². The lowest BCUT2D eigenvalue weighted by Gasteiger charge is -2.26. The van der Waals surface area contributed by atoms with E-state index in [1.165, 1.54) is 0 Å². The molecule has 0 saturated carbocycles. The normalized spacial score (nSPS) is 16.9. The monoisotopic (exact) mass is 380 g/mol. The quantitative estimate of drug-likeness (QED) is 0.690. The van der Waals surface area contributed by atoms with Gasteiger partial charge in [-0.1, -0.05) is 30.3 Å². The minimum absolute atomic E-state index is 0.308. The van der Waals surface area contributed by atoms with E-state index in [1.807, 2.05) is 25.1 Å². The summed E-state index contributed by atoms with van der Waals surface area (Å²) in [5.74, 6) is 0.955. The fourth-order valence-corrected chi connectivity index (χ4v) is 4.23. The lowest BCUT2D eigenvalue weighted by molar-refractivity contribution is 0.225. The van der Waals surface area contributed by atoms with Gasteiger partial charge in [0.1, 0.15) is 10.0 Å². The molecule has 0 bridgehead atoms. The molecule has 0 spiro atoms. The van der Waals surface area contributed by atoms with E-state index in [-0.39, 0.29) is 0 Å². The fourth-order valence-electron chi connectivity index (χ4n) is 3.45. The largest absolute Gasteiger partial charge is 0.354 e. The second-order valence-electron chi connectivity index (χ2n) is 6.85. The van der Waals surface area contributed by atoms with E-state index in [0.717, 1.165) is 59.7 Å². The van der Waals surface area contributed by atoms with Crippen LogP contribution in [0.1, 0.15) is 29.4 Å². The number of anilines is 1. The molecule has 1 atom stereocenters. The van der Waals surface area contributed by atoms with Crippen molar-refractivity contribution >= 4 is 17.2 Å². The Balaban J connectivity index is 1.42.